The molecular formula is C28H41N3O4S. The topological polar surface area (TPSA) is 71.1 Å². The van der Waals surface area contributed by atoms with Gasteiger partial charge in [-0.05, 0) is 74.2 Å². The lowest BCUT2D eigenvalue weighted by Gasteiger charge is -2.37. The fourth-order valence-electron chi connectivity index (χ4n) is 4.30. The first-order valence-electron chi connectivity index (χ1n) is 12.7. The normalized spacial score (nSPS) is 15.5. The summed E-state index contributed by atoms with van der Waals surface area (Å²) in [6, 6.07) is 9.83. The predicted octanol–water partition coefficient (Wildman–Crippen LogP) is 5.22. The number of carbonyl (C=O) groups is 2. The van der Waals surface area contributed by atoms with Gasteiger partial charge in [0, 0.05) is 37.2 Å². The fraction of sp³-hybridized carbons (Fsp3) is 0.571. The summed E-state index contributed by atoms with van der Waals surface area (Å²) >= 11 is 1.73. The van der Waals surface area contributed by atoms with Crippen molar-refractivity contribution in [1.29, 1.82) is 0 Å². The van der Waals surface area contributed by atoms with Gasteiger partial charge in [-0.1, -0.05) is 26.0 Å². The van der Waals surface area contributed by atoms with Gasteiger partial charge in [0.2, 0.25) is 5.91 Å². The zero-order chi connectivity index (χ0) is 26.3. The molecule has 1 N–H and O–H groups in total. The summed E-state index contributed by atoms with van der Waals surface area (Å²) < 4.78 is 11.4. The highest BCUT2D eigenvalue weighted by Gasteiger charge is 2.34. The van der Waals surface area contributed by atoms with Crippen LogP contribution in [0.15, 0.2) is 35.7 Å². The second-order valence-electron chi connectivity index (χ2n) is 10.6. The highest BCUT2D eigenvalue weighted by molar-refractivity contribution is 7.10. The maximum atomic E-state index is 13.6. The summed E-state index contributed by atoms with van der Waals surface area (Å²) in [6.07, 6.45) is 1.48. The van der Waals surface area contributed by atoms with Crippen molar-refractivity contribution in [2.45, 2.75) is 65.0 Å². The van der Waals surface area contributed by atoms with Crippen molar-refractivity contribution in [1.82, 2.24) is 15.1 Å². The molecule has 3 rings (SSSR count). The van der Waals surface area contributed by atoms with Crippen molar-refractivity contribution in [3.63, 3.8) is 0 Å². The average molecular weight is 516 g/mol. The van der Waals surface area contributed by atoms with E-state index in [-0.39, 0.29) is 24.5 Å². The molecule has 3 amide bonds. The van der Waals surface area contributed by atoms with E-state index in [1.165, 1.54) is 10.4 Å². The molecule has 0 saturated carbocycles. The number of urea groups is 1. The number of carbonyl (C=O) groups excluding carboxylic acids is 2. The smallest absolute Gasteiger partial charge is 0.318 e. The molecule has 1 aliphatic rings. The van der Waals surface area contributed by atoms with Gasteiger partial charge < -0.3 is 24.6 Å². The van der Waals surface area contributed by atoms with Crippen LogP contribution in [0.25, 0.3) is 0 Å². The maximum Gasteiger partial charge on any atom is 0.318 e. The molecule has 8 heteroatoms. The number of ether oxygens (including phenoxy) is 2. The first-order chi connectivity index (χ1) is 17.1. The van der Waals surface area contributed by atoms with Crippen molar-refractivity contribution >= 4 is 23.3 Å². The molecule has 198 valence electrons. The predicted molar refractivity (Wildman–Crippen MR) is 145 cm³/mol. The van der Waals surface area contributed by atoms with E-state index in [2.05, 4.69) is 42.7 Å². The van der Waals surface area contributed by atoms with Crippen molar-refractivity contribution in [2.75, 3.05) is 40.0 Å². The molecule has 0 spiro atoms. The first kappa shape index (κ1) is 28.0. The molecule has 0 radical (unpaired) electrons. The Morgan fingerprint density at radius 2 is 1.92 bits per heavy atom. The maximum absolute atomic E-state index is 13.6. The molecule has 0 fully saturated rings. The molecule has 1 atom stereocenters. The molecule has 0 saturated heterocycles. The van der Waals surface area contributed by atoms with E-state index in [0.29, 0.717) is 38.6 Å². The van der Waals surface area contributed by atoms with Crippen LogP contribution in [0.3, 0.4) is 0 Å². The summed E-state index contributed by atoms with van der Waals surface area (Å²) in [7, 11) is 1.64. The zero-order valence-corrected chi connectivity index (χ0v) is 23.3. The quantitative estimate of drug-likeness (QED) is 0.440. The van der Waals surface area contributed by atoms with E-state index in [1.54, 1.807) is 23.3 Å². The second-order valence-corrected chi connectivity index (χ2v) is 11.6. The molecule has 0 aliphatic carbocycles. The monoisotopic (exact) mass is 515 g/mol. The lowest BCUT2D eigenvalue weighted by Crippen LogP contribution is -2.53. The Hall–Kier alpha value is -2.58. The van der Waals surface area contributed by atoms with Gasteiger partial charge in [0.15, 0.2) is 0 Å². The molecule has 1 unspecified atom stereocenters. The van der Waals surface area contributed by atoms with Gasteiger partial charge in [0.25, 0.3) is 0 Å². The van der Waals surface area contributed by atoms with Gasteiger partial charge in [-0.2, -0.15) is 0 Å². The first-order valence-corrected chi connectivity index (χ1v) is 13.6. The van der Waals surface area contributed by atoms with Crippen LogP contribution < -0.4 is 10.1 Å². The summed E-state index contributed by atoms with van der Waals surface area (Å²) in [5.74, 6) is 1.18. The summed E-state index contributed by atoms with van der Waals surface area (Å²) in [6.45, 7) is 12.1. The lowest BCUT2D eigenvalue weighted by molar-refractivity contribution is -0.135. The van der Waals surface area contributed by atoms with E-state index in [0.717, 1.165) is 17.7 Å². The van der Waals surface area contributed by atoms with E-state index < -0.39 is 5.54 Å². The molecule has 2 heterocycles. The summed E-state index contributed by atoms with van der Waals surface area (Å²) in [4.78, 5) is 31.4. The van der Waals surface area contributed by atoms with Crippen LogP contribution in [-0.2, 0) is 16.0 Å². The molecule has 0 bridgehead atoms. The Morgan fingerprint density at radius 3 is 2.56 bits per heavy atom. The van der Waals surface area contributed by atoms with Crippen LogP contribution in [0, 0.1) is 0 Å². The number of nitrogens with zero attached hydrogens (tertiary/aromatic N) is 2. The fourth-order valence-corrected chi connectivity index (χ4v) is 5.23. The number of amides is 3. The number of thiophene rings is 1. The van der Waals surface area contributed by atoms with Crippen LogP contribution in [0.1, 0.15) is 69.0 Å². The third kappa shape index (κ3) is 7.71. The summed E-state index contributed by atoms with van der Waals surface area (Å²) in [5, 5.41) is 5.07. The third-order valence-electron chi connectivity index (χ3n) is 6.24. The summed E-state index contributed by atoms with van der Waals surface area (Å²) in [5.41, 5.74) is 2.01. The van der Waals surface area contributed by atoms with Gasteiger partial charge in [-0.25, -0.2) is 4.79 Å². The second kappa shape index (κ2) is 12.6. The van der Waals surface area contributed by atoms with Gasteiger partial charge >= 0.3 is 6.03 Å². The van der Waals surface area contributed by atoms with Crippen LogP contribution in [0.2, 0.25) is 0 Å². The Bertz CT molecular complexity index is 997. The van der Waals surface area contributed by atoms with Crippen molar-refractivity contribution in [2.24, 2.45) is 0 Å². The molecule has 1 aromatic heterocycles. The Morgan fingerprint density at radius 1 is 1.19 bits per heavy atom. The molecule has 2 aromatic rings. The molecule has 36 heavy (non-hydrogen) atoms. The van der Waals surface area contributed by atoms with Gasteiger partial charge in [0.05, 0.1) is 6.04 Å². The van der Waals surface area contributed by atoms with Crippen LogP contribution in [0.5, 0.6) is 5.75 Å². The van der Waals surface area contributed by atoms with E-state index >= 15 is 0 Å². The van der Waals surface area contributed by atoms with Crippen molar-refractivity contribution < 1.29 is 19.1 Å². The number of rotatable bonds is 10. The van der Waals surface area contributed by atoms with Crippen molar-refractivity contribution in [3.8, 4) is 5.75 Å². The Balaban J connectivity index is 1.74. The zero-order valence-electron chi connectivity index (χ0n) is 22.5. The standard InChI is InChI=1S/C28H41N3O4S/c1-20(2)21-8-10-22(11-9-21)35-19-24-23-13-17-36-25(23)12-15-31(24)26(32)18-30(14-7-16-34-6)27(33)29-28(3,4)5/h8-11,13,17,20,24H,7,12,14-16,18-19H2,1-6H3,(H,29,33). The van der Waals surface area contributed by atoms with Gasteiger partial charge in [-0.3, -0.25) is 4.79 Å². The minimum atomic E-state index is -0.391. The Kier molecular flexibility index (Phi) is 9.79. The number of hydrogen-bond donors (Lipinski definition) is 1. The number of methoxy groups -OCH3 is 1. The average Bonchev–Trinajstić information content (AvgIpc) is 3.30. The SMILES string of the molecule is COCCCN(CC(=O)N1CCc2sccc2C1COc1ccc(C(C)C)cc1)C(=O)NC(C)(C)C. The minimum Gasteiger partial charge on any atom is -0.491 e. The third-order valence-corrected chi connectivity index (χ3v) is 7.24. The lowest BCUT2D eigenvalue weighted by atomic mass is 10.00. The van der Waals surface area contributed by atoms with Crippen LogP contribution in [0.4, 0.5) is 4.79 Å². The molecular weight excluding hydrogens is 474 g/mol. The van der Waals surface area contributed by atoms with E-state index in [4.69, 9.17) is 9.47 Å². The van der Waals surface area contributed by atoms with E-state index in [1.807, 2.05) is 37.8 Å². The number of benzene rings is 1. The van der Waals surface area contributed by atoms with Gasteiger partial charge in [-0.15, -0.1) is 11.3 Å². The highest BCUT2D eigenvalue weighted by Crippen LogP contribution is 2.34. The molecule has 1 aromatic carbocycles. The largest absolute Gasteiger partial charge is 0.491 e. The Labute approximate surface area is 219 Å². The number of nitrogens with one attached hydrogen (secondary N) is 1. The highest BCUT2D eigenvalue weighted by atomic mass is 32.1. The van der Waals surface area contributed by atoms with Crippen LogP contribution >= 0.6 is 11.3 Å². The van der Waals surface area contributed by atoms with Gasteiger partial charge in [0.1, 0.15) is 18.9 Å². The van der Waals surface area contributed by atoms with Crippen molar-refractivity contribution in [3.05, 3.63) is 51.7 Å². The number of hydrogen-bond acceptors (Lipinski definition) is 5. The van der Waals surface area contributed by atoms with E-state index in [9.17, 15) is 9.59 Å². The minimum absolute atomic E-state index is 0.0185. The van der Waals surface area contributed by atoms with Crippen LogP contribution in [-0.4, -0.2) is 67.2 Å². The molecule has 7 nitrogen and oxygen atoms in total. The number of fused-ring (bicyclic) bond motifs is 1. The molecule has 1 aliphatic heterocycles.